The lowest BCUT2D eigenvalue weighted by atomic mass is 9.89. The van der Waals surface area contributed by atoms with Crippen LogP contribution in [0.4, 0.5) is 4.79 Å². The van der Waals surface area contributed by atoms with Crippen LogP contribution >= 0.6 is 0 Å². The second-order valence-electron chi connectivity index (χ2n) is 5.94. The fourth-order valence-electron chi connectivity index (χ4n) is 3.34. The minimum Gasteiger partial charge on any atom is -0.494 e. The lowest BCUT2D eigenvalue weighted by Gasteiger charge is -2.36. The highest BCUT2D eigenvalue weighted by Crippen LogP contribution is 2.36. The SMILES string of the molecule is CCNCc1cc2c(cc1OCC)C(CC)N(C(=O)OCC)CC2. The molecule has 24 heavy (non-hydrogen) atoms. The molecule has 0 aliphatic carbocycles. The molecule has 1 aliphatic heterocycles. The number of rotatable bonds is 7. The zero-order chi connectivity index (χ0) is 17.5. The zero-order valence-corrected chi connectivity index (χ0v) is 15.4. The maximum Gasteiger partial charge on any atom is 0.410 e. The first-order valence-electron chi connectivity index (χ1n) is 9.08. The molecule has 0 saturated carbocycles. The number of fused-ring (bicyclic) bond motifs is 1. The minimum absolute atomic E-state index is 0.0557. The molecule has 0 radical (unpaired) electrons. The van der Waals surface area contributed by atoms with E-state index in [1.807, 2.05) is 18.7 Å². The van der Waals surface area contributed by atoms with E-state index in [0.717, 1.165) is 31.7 Å². The Kier molecular flexibility index (Phi) is 6.91. The van der Waals surface area contributed by atoms with Gasteiger partial charge in [-0.15, -0.1) is 0 Å². The second kappa shape index (κ2) is 8.92. The monoisotopic (exact) mass is 334 g/mol. The first-order valence-corrected chi connectivity index (χ1v) is 9.08. The lowest BCUT2D eigenvalue weighted by molar-refractivity contribution is 0.0854. The van der Waals surface area contributed by atoms with Gasteiger partial charge in [0.15, 0.2) is 0 Å². The summed E-state index contributed by atoms with van der Waals surface area (Å²) in [5.74, 6) is 0.918. The summed E-state index contributed by atoms with van der Waals surface area (Å²) in [7, 11) is 0. The van der Waals surface area contributed by atoms with Gasteiger partial charge >= 0.3 is 6.09 Å². The van der Waals surface area contributed by atoms with E-state index in [9.17, 15) is 4.79 Å². The lowest BCUT2D eigenvalue weighted by Crippen LogP contribution is -2.40. The van der Waals surface area contributed by atoms with Gasteiger partial charge in [0.2, 0.25) is 0 Å². The van der Waals surface area contributed by atoms with Gasteiger partial charge in [-0.2, -0.15) is 0 Å². The molecule has 0 aromatic heterocycles. The molecule has 5 heteroatoms. The third-order valence-electron chi connectivity index (χ3n) is 4.43. The number of hydrogen-bond acceptors (Lipinski definition) is 4. The first kappa shape index (κ1) is 18.6. The molecule has 1 atom stereocenters. The largest absolute Gasteiger partial charge is 0.494 e. The predicted octanol–water partition coefficient (Wildman–Crippen LogP) is 3.66. The topological polar surface area (TPSA) is 50.8 Å². The maximum absolute atomic E-state index is 12.3. The normalized spacial score (nSPS) is 16.7. The van der Waals surface area contributed by atoms with Gasteiger partial charge in [0.25, 0.3) is 0 Å². The Bertz CT molecular complexity index is 560. The smallest absolute Gasteiger partial charge is 0.410 e. The Balaban J connectivity index is 2.36. The fourth-order valence-corrected chi connectivity index (χ4v) is 3.34. The Hall–Kier alpha value is -1.75. The minimum atomic E-state index is -0.218. The van der Waals surface area contributed by atoms with Crippen molar-refractivity contribution in [2.45, 2.75) is 53.1 Å². The summed E-state index contributed by atoms with van der Waals surface area (Å²) >= 11 is 0. The third kappa shape index (κ3) is 4.01. The quantitative estimate of drug-likeness (QED) is 0.827. The van der Waals surface area contributed by atoms with Crippen molar-refractivity contribution < 1.29 is 14.3 Å². The maximum atomic E-state index is 12.3. The average Bonchev–Trinajstić information content (AvgIpc) is 2.59. The number of carbonyl (C=O) groups excluding carboxylic acids is 1. The summed E-state index contributed by atoms with van der Waals surface area (Å²) < 4.78 is 11.1. The van der Waals surface area contributed by atoms with Gasteiger partial charge in [-0.1, -0.05) is 19.9 Å². The molecule has 0 spiro atoms. The van der Waals surface area contributed by atoms with Crippen molar-refractivity contribution in [2.24, 2.45) is 0 Å². The van der Waals surface area contributed by atoms with Crippen molar-refractivity contribution in [3.8, 4) is 5.75 Å². The standard InChI is InChI=1S/C19H30N2O3/c1-5-17-16-12-18(23-7-3)15(13-20-6-2)11-14(16)9-10-21(17)19(22)24-8-4/h11-12,17,20H,5-10,13H2,1-4H3. The van der Waals surface area contributed by atoms with Crippen LogP contribution in [0.2, 0.25) is 0 Å². The van der Waals surface area contributed by atoms with E-state index in [2.05, 4.69) is 31.3 Å². The number of amides is 1. The highest BCUT2D eigenvalue weighted by molar-refractivity contribution is 5.69. The van der Waals surface area contributed by atoms with Gasteiger partial charge in [0.05, 0.1) is 19.3 Å². The Morgan fingerprint density at radius 1 is 1.25 bits per heavy atom. The van der Waals surface area contributed by atoms with Crippen LogP contribution in [0.15, 0.2) is 12.1 Å². The molecular formula is C19H30N2O3. The molecule has 1 N–H and O–H groups in total. The molecule has 2 rings (SSSR count). The molecule has 1 amide bonds. The molecule has 1 heterocycles. The van der Waals surface area contributed by atoms with E-state index < -0.39 is 0 Å². The van der Waals surface area contributed by atoms with Gasteiger partial charge in [0, 0.05) is 18.7 Å². The molecule has 1 aliphatic rings. The number of nitrogens with zero attached hydrogens (tertiary/aromatic N) is 1. The van der Waals surface area contributed by atoms with Crippen LogP contribution in [-0.2, 0) is 17.7 Å². The van der Waals surface area contributed by atoms with Crippen LogP contribution in [0.5, 0.6) is 5.75 Å². The molecule has 0 fully saturated rings. The first-order chi connectivity index (χ1) is 11.7. The van der Waals surface area contributed by atoms with Gasteiger partial charge in [-0.05, 0) is 50.4 Å². The van der Waals surface area contributed by atoms with E-state index in [-0.39, 0.29) is 12.1 Å². The molecule has 1 aromatic rings. The number of ether oxygens (including phenoxy) is 2. The number of benzene rings is 1. The summed E-state index contributed by atoms with van der Waals surface area (Å²) in [6.45, 7) is 11.5. The number of carbonyl (C=O) groups is 1. The van der Waals surface area contributed by atoms with Crippen LogP contribution in [0.3, 0.4) is 0 Å². The highest BCUT2D eigenvalue weighted by atomic mass is 16.6. The van der Waals surface area contributed by atoms with Crippen LogP contribution in [0.1, 0.15) is 56.8 Å². The van der Waals surface area contributed by atoms with Gasteiger partial charge in [-0.25, -0.2) is 4.79 Å². The Morgan fingerprint density at radius 2 is 2.04 bits per heavy atom. The second-order valence-corrected chi connectivity index (χ2v) is 5.94. The van der Waals surface area contributed by atoms with Gasteiger partial charge in [-0.3, -0.25) is 0 Å². The summed E-state index contributed by atoms with van der Waals surface area (Å²) in [6.07, 6.45) is 1.50. The number of hydrogen-bond donors (Lipinski definition) is 1. The molecule has 0 saturated heterocycles. The van der Waals surface area contributed by atoms with Crippen molar-refractivity contribution in [3.63, 3.8) is 0 Å². The van der Waals surface area contributed by atoms with E-state index in [1.54, 1.807) is 0 Å². The summed E-state index contributed by atoms with van der Waals surface area (Å²) in [5.41, 5.74) is 3.70. The van der Waals surface area contributed by atoms with E-state index in [0.29, 0.717) is 19.8 Å². The molecule has 1 aromatic carbocycles. The summed E-state index contributed by atoms with van der Waals surface area (Å²) in [4.78, 5) is 14.1. The van der Waals surface area contributed by atoms with Gasteiger partial charge < -0.3 is 19.7 Å². The zero-order valence-electron chi connectivity index (χ0n) is 15.4. The van der Waals surface area contributed by atoms with Crippen molar-refractivity contribution in [2.75, 3.05) is 26.3 Å². The summed E-state index contributed by atoms with van der Waals surface area (Å²) in [6, 6.07) is 4.43. The molecular weight excluding hydrogens is 304 g/mol. The third-order valence-corrected chi connectivity index (χ3v) is 4.43. The Labute approximate surface area is 145 Å². The van der Waals surface area contributed by atoms with Gasteiger partial charge in [0.1, 0.15) is 5.75 Å². The van der Waals surface area contributed by atoms with Crippen LogP contribution in [0, 0.1) is 0 Å². The van der Waals surface area contributed by atoms with Crippen molar-refractivity contribution >= 4 is 6.09 Å². The van der Waals surface area contributed by atoms with Crippen LogP contribution in [0.25, 0.3) is 0 Å². The van der Waals surface area contributed by atoms with Crippen molar-refractivity contribution in [3.05, 3.63) is 28.8 Å². The van der Waals surface area contributed by atoms with E-state index in [4.69, 9.17) is 9.47 Å². The fraction of sp³-hybridized carbons (Fsp3) is 0.632. The Morgan fingerprint density at radius 3 is 2.67 bits per heavy atom. The predicted molar refractivity (Wildman–Crippen MR) is 95.5 cm³/mol. The molecule has 1 unspecified atom stereocenters. The van der Waals surface area contributed by atoms with E-state index >= 15 is 0 Å². The summed E-state index contributed by atoms with van der Waals surface area (Å²) in [5, 5.41) is 3.37. The highest BCUT2D eigenvalue weighted by Gasteiger charge is 2.31. The van der Waals surface area contributed by atoms with Crippen LogP contribution in [-0.4, -0.2) is 37.3 Å². The van der Waals surface area contributed by atoms with Crippen molar-refractivity contribution in [1.82, 2.24) is 10.2 Å². The number of nitrogens with one attached hydrogen (secondary N) is 1. The van der Waals surface area contributed by atoms with E-state index in [1.165, 1.54) is 16.7 Å². The average molecular weight is 334 g/mol. The van der Waals surface area contributed by atoms with Crippen LogP contribution < -0.4 is 10.1 Å². The molecule has 134 valence electrons. The van der Waals surface area contributed by atoms with Crippen molar-refractivity contribution in [1.29, 1.82) is 0 Å². The molecule has 0 bridgehead atoms. The molecule has 5 nitrogen and oxygen atoms in total.